The number of rotatable bonds is 5. The molecule has 0 aliphatic carbocycles. The van der Waals surface area contributed by atoms with E-state index in [0.29, 0.717) is 23.0 Å². The van der Waals surface area contributed by atoms with Crippen molar-refractivity contribution in [3.63, 3.8) is 0 Å². The van der Waals surface area contributed by atoms with Crippen LogP contribution < -0.4 is 10.6 Å². The number of nitrogens with one attached hydrogen (secondary N) is 2. The average Bonchev–Trinajstić information content (AvgIpc) is 3.22. The number of hydrogen-bond acceptors (Lipinski definition) is 7. The summed E-state index contributed by atoms with van der Waals surface area (Å²) in [6.07, 6.45) is 0. The number of amides is 1. The van der Waals surface area contributed by atoms with Crippen molar-refractivity contribution in [1.82, 2.24) is 19.8 Å². The molecule has 0 aliphatic heterocycles. The van der Waals surface area contributed by atoms with E-state index in [1.165, 1.54) is 11.5 Å². The summed E-state index contributed by atoms with van der Waals surface area (Å²) in [7, 11) is 1.76. The van der Waals surface area contributed by atoms with E-state index in [-0.39, 0.29) is 11.9 Å². The number of benzene rings is 1. The fraction of sp³-hybridized carbons (Fsp3) is 0.250. The first-order valence-electron chi connectivity index (χ1n) is 7.44. The molecule has 0 saturated carbocycles. The highest BCUT2D eigenvalue weighted by atomic mass is 32.1. The van der Waals surface area contributed by atoms with Crippen molar-refractivity contribution in [3.8, 4) is 11.5 Å². The Balaban J connectivity index is 1.76. The van der Waals surface area contributed by atoms with Crippen molar-refractivity contribution in [2.24, 2.45) is 0 Å². The Labute approximate surface area is 143 Å². The zero-order valence-electron chi connectivity index (χ0n) is 13.5. The summed E-state index contributed by atoms with van der Waals surface area (Å²) in [5.41, 5.74) is 2.07. The minimum Gasteiger partial charge on any atom is -0.378 e. The van der Waals surface area contributed by atoms with Crippen LogP contribution in [0.2, 0.25) is 0 Å². The van der Waals surface area contributed by atoms with E-state index < -0.39 is 0 Å². The highest BCUT2D eigenvalue weighted by Gasteiger charge is 2.22. The van der Waals surface area contributed by atoms with Gasteiger partial charge in [0.05, 0.1) is 17.3 Å². The minimum absolute atomic E-state index is 0.218. The molecule has 7 nitrogen and oxygen atoms in total. The van der Waals surface area contributed by atoms with Gasteiger partial charge in [-0.25, -0.2) is 0 Å². The standard InChI is InChI=1S/C16H17N5O2S/c1-9-12(16(17-3)24-21-9)14(22)18-10(2)13-19-15(23-20-13)11-7-5-4-6-8-11/h4-8,10,17H,1-3H3,(H,18,22). The smallest absolute Gasteiger partial charge is 0.257 e. The lowest BCUT2D eigenvalue weighted by molar-refractivity contribution is 0.0938. The van der Waals surface area contributed by atoms with Crippen molar-refractivity contribution >= 4 is 22.4 Å². The maximum absolute atomic E-state index is 12.5. The maximum Gasteiger partial charge on any atom is 0.257 e. The first-order valence-corrected chi connectivity index (χ1v) is 8.21. The molecule has 1 unspecified atom stereocenters. The molecule has 1 aromatic carbocycles. The van der Waals surface area contributed by atoms with Gasteiger partial charge in [0.2, 0.25) is 0 Å². The third kappa shape index (κ3) is 3.13. The Morgan fingerprint density at radius 2 is 2.04 bits per heavy atom. The Bertz CT molecular complexity index is 843. The largest absolute Gasteiger partial charge is 0.378 e. The van der Waals surface area contributed by atoms with Crippen LogP contribution in [0.5, 0.6) is 0 Å². The first kappa shape index (κ1) is 16.1. The highest BCUT2D eigenvalue weighted by Crippen LogP contribution is 2.25. The molecule has 0 aliphatic rings. The average molecular weight is 343 g/mol. The van der Waals surface area contributed by atoms with Gasteiger partial charge in [-0.3, -0.25) is 4.79 Å². The van der Waals surface area contributed by atoms with Gasteiger partial charge >= 0.3 is 0 Å². The van der Waals surface area contributed by atoms with Crippen molar-refractivity contribution < 1.29 is 9.32 Å². The molecule has 8 heteroatoms. The molecule has 1 atom stereocenters. The molecule has 0 radical (unpaired) electrons. The van der Waals surface area contributed by atoms with Gasteiger partial charge in [-0.1, -0.05) is 23.4 Å². The van der Waals surface area contributed by atoms with E-state index in [1.54, 1.807) is 14.0 Å². The lowest BCUT2D eigenvalue weighted by Crippen LogP contribution is -2.28. The van der Waals surface area contributed by atoms with E-state index >= 15 is 0 Å². The van der Waals surface area contributed by atoms with Crippen LogP contribution in [0.3, 0.4) is 0 Å². The molecule has 2 heterocycles. The monoisotopic (exact) mass is 343 g/mol. The summed E-state index contributed by atoms with van der Waals surface area (Å²) in [6, 6.07) is 9.11. The highest BCUT2D eigenvalue weighted by molar-refractivity contribution is 7.10. The number of aromatic nitrogens is 3. The number of carbonyl (C=O) groups excluding carboxylic acids is 1. The molecule has 124 valence electrons. The maximum atomic E-state index is 12.5. The van der Waals surface area contributed by atoms with Crippen molar-refractivity contribution in [2.45, 2.75) is 19.9 Å². The van der Waals surface area contributed by atoms with Gasteiger partial charge < -0.3 is 15.2 Å². The van der Waals surface area contributed by atoms with Gasteiger partial charge in [0.1, 0.15) is 5.00 Å². The molecule has 2 N–H and O–H groups in total. The van der Waals surface area contributed by atoms with E-state index in [4.69, 9.17) is 4.52 Å². The number of carbonyl (C=O) groups is 1. The Morgan fingerprint density at radius 3 is 2.75 bits per heavy atom. The van der Waals surface area contributed by atoms with E-state index in [1.807, 2.05) is 37.3 Å². The molecule has 0 bridgehead atoms. The van der Waals surface area contributed by atoms with Gasteiger partial charge in [-0.05, 0) is 37.5 Å². The van der Waals surface area contributed by atoms with Gasteiger partial charge in [0.15, 0.2) is 5.82 Å². The second-order valence-corrected chi connectivity index (χ2v) is 6.01. The number of hydrogen-bond donors (Lipinski definition) is 2. The van der Waals surface area contributed by atoms with E-state index in [9.17, 15) is 4.79 Å². The van der Waals surface area contributed by atoms with E-state index in [2.05, 4.69) is 25.1 Å². The first-order chi connectivity index (χ1) is 11.6. The number of aryl methyl sites for hydroxylation is 1. The zero-order chi connectivity index (χ0) is 17.1. The zero-order valence-corrected chi connectivity index (χ0v) is 14.3. The van der Waals surface area contributed by atoms with Gasteiger partial charge in [-0.2, -0.15) is 9.36 Å². The van der Waals surface area contributed by atoms with Crippen LogP contribution in [0.4, 0.5) is 5.00 Å². The quantitative estimate of drug-likeness (QED) is 0.740. The summed E-state index contributed by atoms with van der Waals surface area (Å²) in [6.45, 7) is 3.62. The summed E-state index contributed by atoms with van der Waals surface area (Å²) in [5, 5.41) is 10.6. The molecule has 2 aromatic heterocycles. The third-order valence-electron chi connectivity index (χ3n) is 3.51. The summed E-state index contributed by atoms with van der Waals surface area (Å²) in [4.78, 5) is 16.9. The SMILES string of the molecule is CNc1snc(C)c1C(=O)NC(C)c1noc(-c2ccccc2)n1. The summed E-state index contributed by atoms with van der Waals surface area (Å²) >= 11 is 1.26. The predicted octanol–water partition coefficient (Wildman–Crippen LogP) is 3.03. The Hall–Kier alpha value is -2.74. The van der Waals surface area contributed by atoms with Gasteiger partial charge in [-0.15, -0.1) is 0 Å². The second kappa shape index (κ2) is 6.79. The second-order valence-electron chi connectivity index (χ2n) is 5.24. The van der Waals surface area contributed by atoms with Crippen LogP contribution in [0.25, 0.3) is 11.5 Å². The number of nitrogens with zero attached hydrogens (tertiary/aromatic N) is 3. The van der Waals surface area contributed by atoms with Crippen LogP contribution in [-0.2, 0) is 0 Å². The Morgan fingerprint density at radius 1 is 1.29 bits per heavy atom. The van der Waals surface area contributed by atoms with Gasteiger partial charge in [0, 0.05) is 12.6 Å². The minimum atomic E-state index is -0.386. The fourth-order valence-electron chi connectivity index (χ4n) is 2.25. The fourth-order valence-corrected chi connectivity index (χ4v) is 2.99. The normalized spacial score (nSPS) is 12.0. The lowest BCUT2D eigenvalue weighted by atomic mass is 10.2. The van der Waals surface area contributed by atoms with Gasteiger partial charge in [0.25, 0.3) is 11.8 Å². The summed E-state index contributed by atoms with van der Waals surface area (Å²) < 4.78 is 9.48. The van der Waals surface area contributed by atoms with Crippen LogP contribution in [0.15, 0.2) is 34.9 Å². The van der Waals surface area contributed by atoms with Crippen molar-refractivity contribution in [3.05, 3.63) is 47.4 Å². The van der Waals surface area contributed by atoms with Crippen molar-refractivity contribution in [2.75, 3.05) is 12.4 Å². The molecule has 0 spiro atoms. The molecule has 3 rings (SSSR count). The van der Waals surface area contributed by atoms with Crippen LogP contribution >= 0.6 is 11.5 Å². The molecular weight excluding hydrogens is 326 g/mol. The molecule has 1 amide bonds. The Kier molecular flexibility index (Phi) is 4.57. The topological polar surface area (TPSA) is 92.9 Å². The molecule has 0 fully saturated rings. The lowest BCUT2D eigenvalue weighted by Gasteiger charge is -2.10. The van der Waals surface area contributed by atoms with Crippen LogP contribution in [0, 0.1) is 6.92 Å². The van der Waals surface area contributed by atoms with Crippen LogP contribution in [-0.4, -0.2) is 27.5 Å². The number of anilines is 1. The molecule has 0 saturated heterocycles. The summed E-state index contributed by atoms with van der Waals surface area (Å²) in [5.74, 6) is 0.634. The van der Waals surface area contributed by atoms with Crippen LogP contribution in [0.1, 0.15) is 34.8 Å². The molecule has 3 aromatic rings. The predicted molar refractivity (Wildman–Crippen MR) is 92.0 cm³/mol. The van der Waals surface area contributed by atoms with Crippen molar-refractivity contribution in [1.29, 1.82) is 0 Å². The van der Waals surface area contributed by atoms with E-state index in [0.717, 1.165) is 10.6 Å². The third-order valence-corrected chi connectivity index (χ3v) is 4.47. The molecular formula is C16H17N5O2S. The molecule has 24 heavy (non-hydrogen) atoms.